The first-order chi connectivity index (χ1) is 15.4. The summed E-state index contributed by atoms with van der Waals surface area (Å²) in [5.41, 5.74) is 2.76. The van der Waals surface area contributed by atoms with Gasteiger partial charge in [-0.1, -0.05) is 54.9 Å². The van der Waals surface area contributed by atoms with Gasteiger partial charge in [0.2, 0.25) is 0 Å². The van der Waals surface area contributed by atoms with Gasteiger partial charge in [-0.2, -0.15) is 0 Å². The molecule has 162 valence electrons. The number of halogens is 1. The predicted molar refractivity (Wildman–Crippen MR) is 125 cm³/mol. The van der Waals surface area contributed by atoms with Gasteiger partial charge in [-0.25, -0.2) is 0 Å². The number of anilines is 1. The van der Waals surface area contributed by atoms with Crippen molar-refractivity contribution in [2.75, 3.05) is 12.0 Å². The van der Waals surface area contributed by atoms with Gasteiger partial charge in [-0.05, 0) is 53.9 Å². The van der Waals surface area contributed by atoms with Crippen molar-refractivity contribution in [1.82, 2.24) is 0 Å². The maximum Gasteiger partial charge on any atom is 0.300 e. The van der Waals surface area contributed by atoms with Crippen LogP contribution < -0.4 is 9.64 Å². The summed E-state index contributed by atoms with van der Waals surface area (Å²) in [5.74, 6) is -1.06. The molecule has 1 aliphatic heterocycles. The Morgan fingerprint density at radius 3 is 2.31 bits per heavy atom. The van der Waals surface area contributed by atoms with Crippen molar-refractivity contribution in [3.8, 4) is 5.75 Å². The fourth-order valence-electron chi connectivity index (χ4n) is 3.88. The third-order valence-electron chi connectivity index (χ3n) is 5.60. The van der Waals surface area contributed by atoms with Crippen LogP contribution in [-0.2, 0) is 16.0 Å². The van der Waals surface area contributed by atoms with Gasteiger partial charge in [0.25, 0.3) is 11.7 Å². The first-order valence-corrected chi connectivity index (χ1v) is 10.6. The molecule has 1 heterocycles. The van der Waals surface area contributed by atoms with Crippen LogP contribution in [0.1, 0.15) is 29.7 Å². The van der Waals surface area contributed by atoms with Gasteiger partial charge in [-0.3, -0.25) is 14.5 Å². The topological polar surface area (TPSA) is 66.8 Å². The van der Waals surface area contributed by atoms with E-state index in [9.17, 15) is 14.7 Å². The van der Waals surface area contributed by atoms with E-state index < -0.39 is 17.7 Å². The average molecular weight is 448 g/mol. The van der Waals surface area contributed by atoms with Crippen molar-refractivity contribution in [2.45, 2.75) is 19.4 Å². The minimum Gasteiger partial charge on any atom is -0.507 e. The lowest BCUT2D eigenvalue weighted by atomic mass is 9.95. The average Bonchev–Trinajstić information content (AvgIpc) is 3.09. The second-order valence-corrected chi connectivity index (χ2v) is 7.91. The third kappa shape index (κ3) is 3.87. The Kier molecular flexibility index (Phi) is 6.01. The smallest absolute Gasteiger partial charge is 0.300 e. The van der Waals surface area contributed by atoms with E-state index in [1.165, 1.54) is 4.90 Å². The van der Waals surface area contributed by atoms with E-state index in [2.05, 4.69) is 0 Å². The SMILES string of the molecule is CCc1ccc(N2C(=O)C(=O)/C(=C(\O)c3cccc(Cl)c3)C2c2ccc(OC)cc2)cc1. The molecule has 1 atom stereocenters. The number of Topliss-reactive ketones (excluding diaryl/α,β-unsaturated/α-hetero) is 1. The van der Waals surface area contributed by atoms with E-state index in [1.807, 2.05) is 31.2 Å². The minimum absolute atomic E-state index is 0.0157. The van der Waals surface area contributed by atoms with Gasteiger partial charge in [0.1, 0.15) is 11.5 Å². The standard InChI is InChI=1S/C26H22ClNO4/c1-3-16-7-11-20(12-8-16)28-23(17-9-13-21(32-2)14-10-17)22(25(30)26(28)31)24(29)18-5-4-6-19(27)15-18/h4-15,23,29H,3H2,1-2H3/b24-22-. The van der Waals surface area contributed by atoms with Gasteiger partial charge in [0.15, 0.2) is 0 Å². The molecule has 32 heavy (non-hydrogen) atoms. The van der Waals surface area contributed by atoms with Crippen molar-refractivity contribution in [3.05, 3.63) is 100 Å². The van der Waals surface area contributed by atoms with E-state index in [0.29, 0.717) is 27.6 Å². The van der Waals surface area contributed by atoms with Gasteiger partial charge >= 0.3 is 0 Å². The number of hydrogen-bond donors (Lipinski definition) is 1. The fourth-order valence-corrected chi connectivity index (χ4v) is 4.07. The summed E-state index contributed by atoms with van der Waals surface area (Å²) in [6, 6.07) is 20.3. The largest absolute Gasteiger partial charge is 0.507 e. The summed E-state index contributed by atoms with van der Waals surface area (Å²) in [4.78, 5) is 27.7. The normalized spacial score (nSPS) is 17.6. The van der Waals surface area contributed by atoms with Gasteiger partial charge in [0, 0.05) is 16.3 Å². The monoisotopic (exact) mass is 447 g/mol. The summed E-state index contributed by atoms with van der Waals surface area (Å²) in [6.45, 7) is 2.05. The molecule has 0 aliphatic carbocycles. The predicted octanol–water partition coefficient (Wildman–Crippen LogP) is 5.54. The zero-order valence-electron chi connectivity index (χ0n) is 17.7. The molecule has 1 saturated heterocycles. The molecule has 6 heteroatoms. The van der Waals surface area contributed by atoms with Gasteiger partial charge in [-0.15, -0.1) is 0 Å². The quantitative estimate of drug-likeness (QED) is 0.317. The molecular weight excluding hydrogens is 426 g/mol. The Bertz CT molecular complexity index is 1200. The first-order valence-electron chi connectivity index (χ1n) is 10.2. The lowest BCUT2D eigenvalue weighted by Crippen LogP contribution is -2.29. The fraction of sp³-hybridized carbons (Fsp3) is 0.154. The second kappa shape index (κ2) is 8.89. The van der Waals surface area contributed by atoms with E-state index in [1.54, 1.807) is 55.6 Å². The molecule has 5 nitrogen and oxygen atoms in total. The van der Waals surface area contributed by atoms with Crippen LogP contribution in [0.25, 0.3) is 5.76 Å². The highest BCUT2D eigenvalue weighted by Crippen LogP contribution is 2.42. The molecule has 4 rings (SSSR count). The molecule has 0 aromatic heterocycles. The zero-order valence-corrected chi connectivity index (χ0v) is 18.5. The van der Waals surface area contributed by atoms with Crippen LogP contribution in [0.4, 0.5) is 5.69 Å². The maximum absolute atomic E-state index is 13.2. The number of ether oxygens (including phenoxy) is 1. The Hall–Kier alpha value is -3.57. The maximum atomic E-state index is 13.2. The van der Waals surface area contributed by atoms with Crippen LogP contribution in [0, 0.1) is 0 Å². The van der Waals surface area contributed by atoms with Crippen LogP contribution >= 0.6 is 11.6 Å². The molecular formula is C26H22ClNO4. The molecule has 1 unspecified atom stereocenters. The number of carbonyl (C=O) groups is 2. The highest BCUT2D eigenvalue weighted by Gasteiger charge is 2.46. The van der Waals surface area contributed by atoms with E-state index in [0.717, 1.165) is 12.0 Å². The third-order valence-corrected chi connectivity index (χ3v) is 5.83. The number of ketones is 1. The van der Waals surface area contributed by atoms with E-state index >= 15 is 0 Å². The minimum atomic E-state index is -0.799. The van der Waals surface area contributed by atoms with E-state index in [4.69, 9.17) is 16.3 Å². The summed E-state index contributed by atoms with van der Waals surface area (Å²) in [5, 5.41) is 11.5. The number of nitrogens with zero attached hydrogens (tertiary/aromatic N) is 1. The van der Waals surface area contributed by atoms with Crippen LogP contribution in [0.2, 0.25) is 5.02 Å². The molecule has 1 amide bonds. The van der Waals surface area contributed by atoms with Crippen molar-refractivity contribution in [1.29, 1.82) is 0 Å². The van der Waals surface area contributed by atoms with Gasteiger partial charge in [0.05, 0.1) is 18.7 Å². The summed E-state index contributed by atoms with van der Waals surface area (Å²) < 4.78 is 5.24. The number of amides is 1. The van der Waals surface area contributed by atoms with Crippen molar-refractivity contribution >= 4 is 34.7 Å². The number of methoxy groups -OCH3 is 1. The van der Waals surface area contributed by atoms with Crippen LogP contribution in [0.15, 0.2) is 78.4 Å². The highest BCUT2D eigenvalue weighted by molar-refractivity contribution is 6.51. The number of carbonyl (C=O) groups excluding carboxylic acids is 2. The molecule has 0 spiro atoms. The Morgan fingerprint density at radius 1 is 1.03 bits per heavy atom. The van der Waals surface area contributed by atoms with Crippen LogP contribution in [-0.4, -0.2) is 23.9 Å². The summed E-state index contributed by atoms with van der Waals surface area (Å²) >= 11 is 6.09. The summed E-state index contributed by atoms with van der Waals surface area (Å²) in [7, 11) is 1.57. The number of aliphatic hydroxyl groups is 1. The second-order valence-electron chi connectivity index (χ2n) is 7.47. The molecule has 1 aliphatic rings. The van der Waals surface area contributed by atoms with Crippen molar-refractivity contribution in [3.63, 3.8) is 0 Å². The Morgan fingerprint density at radius 2 is 1.72 bits per heavy atom. The zero-order chi connectivity index (χ0) is 22.8. The molecule has 3 aromatic carbocycles. The summed E-state index contributed by atoms with van der Waals surface area (Å²) in [6.07, 6.45) is 0.857. The number of aliphatic hydroxyl groups excluding tert-OH is 1. The van der Waals surface area contributed by atoms with Crippen molar-refractivity contribution in [2.24, 2.45) is 0 Å². The number of hydrogen-bond acceptors (Lipinski definition) is 4. The molecule has 3 aromatic rings. The molecule has 0 radical (unpaired) electrons. The van der Waals surface area contributed by atoms with Crippen molar-refractivity contribution < 1.29 is 19.4 Å². The molecule has 1 N–H and O–H groups in total. The first kappa shape index (κ1) is 21.7. The molecule has 0 saturated carbocycles. The lowest BCUT2D eigenvalue weighted by molar-refractivity contribution is -0.132. The number of rotatable bonds is 5. The van der Waals surface area contributed by atoms with Crippen LogP contribution in [0.3, 0.4) is 0 Å². The molecule has 0 bridgehead atoms. The highest BCUT2D eigenvalue weighted by atomic mass is 35.5. The molecule has 1 fully saturated rings. The Labute approximate surface area is 191 Å². The van der Waals surface area contributed by atoms with E-state index in [-0.39, 0.29) is 11.3 Å². The number of aryl methyl sites for hydroxylation is 1. The van der Waals surface area contributed by atoms with Gasteiger partial charge < -0.3 is 9.84 Å². The lowest BCUT2D eigenvalue weighted by Gasteiger charge is -2.25. The Balaban J connectivity index is 1.91. The number of benzene rings is 3. The van der Waals surface area contributed by atoms with Crippen LogP contribution in [0.5, 0.6) is 5.75 Å².